The van der Waals surface area contributed by atoms with Crippen LogP contribution in [0.2, 0.25) is 0 Å². The van der Waals surface area contributed by atoms with Crippen LogP contribution in [0.5, 0.6) is 5.75 Å². The molecule has 2 N–H and O–H groups in total. The highest BCUT2D eigenvalue weighted by Gasteiger charge is 2.39. The van der Waals surface area contributed by atoms with Crippen LogP contribution in [0.3, 0.4) is 0 Å². The molecular weight excluding hydrogens is 303 g/mol. The van der Waals surface area contributed by atoms with Crippen LogP contribution < -0.4 is 10.1 Å². The Balaban J connectivity index is 1.35. The minimum Gasteiger partial charge on any atom is -0.497 e. The van der Waals surface area contributed by atoms with Crippen LogP contribution in [-0.2, 0) is 6.42 Å². The van der Waals surface area contributed by atoms with Crippen LogP contribution >= 0.6 is 0 Å². The van der Waals surface area contributed by atoms with Crippen molar-refractivity contribution >= 4 is 10.9 Å². The molecule has 24 heavy (non-hydrogen) atoms. The summed E-state index contributed by atoms with van der Waals surface area (Å²) in [4.78, 5) is 3.24. The van der Waals surface area contributed by atoms with E-state index in [0.29, 0.717) is 12.0 Å². The van der Waals surface area contributed by atoms with Crippen LogP contribution in [0.4, 0.5) is 4.39 Å². The van der Waals surface area contributed by atoms with Crippen molar-refractivity contribution in [3.8, 4) is 5.75 Å². The van der Waals surface area contributed by atoms with Crippen molar-refractivity contribution < 1.29 is 9.13 Å². The molecule has 4 rings (SSSR count). The molecule has 0 spiro atoms. The molecule has 1 saturated carbocycles. The molecule has 1 aromatic heterocycles. The number of halogens is 1. The summed E-state index contributed by atoms with van der Waals surface area (Å²) in [5.74, 6) is 1.20. The van der Waals surface area contributed by atoms with Crippen molar-refractivity contribution in [2.24, 2.45) is 0 Å². The topological polar surface area (TPSA) is 37.0 Å². The van der Waals surface area contributed by atoms with Gasteiger partial charge in [0.15, 0.2) is 0 Å². The fourth-order valence-corrected chi connectivity index (χ4v) is 3.42. The van der Waals surface area contributed by atoms with Gasteiger partial charge in [-0.25, -0.2) is 4.39 Å². The molecule has 2 atom stereocenters. The largest absolute Gasteiger partial charge is 0.497 e. The van der Waals surface area contributed by atoms with Crippen LogP contribution in [0.15, 0.2) is 48.7 Å². The summed E-state index contributed by atoms with van der Waals surface area (Å²) in [6.45, 7) is 0.936. The number of H-pyrrole nitrogens is 1. The second kappa shape index (κ2) is 6.29. The van der Waals surface area contributed by atoms with Crippen LogP contribution in [0, 0.1) is 5.82 Å². The molecule has 1 fully saturated rings. The number of hydrogen-bond acceptors (Lipinski definition) is 2. The average molecular weight is 324 g/mol. The Kier molecular flexibility index (Phi) is 3.98. The van der Waals surface area contributed by atoms with Crippen molar-refractivity contribution in [3.05, 3.63) is 65.6 Å². The van der Waals surface area contributed by atoms with Crippen molar-refractivity contribution in [2.45, 2.75) is 24.8 Å². The first-order chi connectivity index (χ1) is 11.7. The molecule has 0 radical (unpaired) electrons. The van der Waals surface area contributed by atoms with E-state index >= 15 is 0 Å². The predicted octanol–water partition coefficient (Wildman–Crippen LogP) is 4.00. The molecule has 0 aliphatic heterocycles. The summed E-state index contributed by atoms with van der Waals surface area (Å²) in [5.41, 5.74) is 3.50. The van der Waals surface area contributed by atoms with Crippen LogP contribution in [0.1, 0.15) is 23.5 Å². The normalized spacial score (nSPS) is 19.6. The predicted molar refractivity (Wildman–Crippen MR) is 94.1 cm³/mol. The van der Waals surface area contributed by atoms with E-state index in [0.717, 1.165) is 36.0 Å². The quantitative estimate of drug-likeness (QED) is 0.719. The van der Waals surface area contributed by atoms with E-state index < -0.39 is 0 Å². The molecule has 124 valence electrons. The molecule has 4 heteroatoms. The lowest BCUT2D eigenvalue weighted by molar-refractivity contribution is 0.414. The van der Waals surface area contributed by atoms with Gasteiger partial charge in [0.25, 0.3) is 0 Å². The van der Waals surface area contributed by atoms with E-state index in [1.54, 1.807) is 13.2 Å². The second-order valence-electron chi connectivity index (χ2n) is 6.44. The Morgan fingerprint density at radius 2 is 2.17 bits per heavy atom. The third-order valence-electron chi connectivity index (χ3n) is 4.82. The highest BCUT2D eigenvalue weighted by Crippen LogP contribution is 2.43. The molecule has 0 bridgehead atoms. The molecule has 2 aromatic carbocycles. The Morgan fingerprint density at radius 1 is 1.25 bits per heavy atom. The molecule has 0 unspecified atom stereocenters. The van der Waals surface area contributed by atoms with Crippen molar-refractivity contribution in [3.63, 3.8) is 0 Å². The Bertz CT molecular complexity index is 858. The lowest BCUT2D eigenvalue weighted by Crippen LogP contribution is -2.20. The molecule has 1 aliphatic rings. The number of aromatic nitrogens is 1. The first-order valence-electron chi connectivity index (χ1n) is 8.37. The van der Waals surface area contributed by atoms with Crippen LogP contribution in [0.25, 0.3) is 10.9 Å². The summed E-state index contributed by atoms with van der Waals surface area (Å²) >= 11 is 0. The summed E-state index contributed by atoms with van der Waals surface area (Å²) in [7, 11) is 1.69. The maximum Gasteiger partial charge on any atom is 0.123 e. The van der Waals surface area contributed by atoms with Gasteiger partial charge in [0.2, 0.25) is 0 Å². The van der Waals surface area contributed by atoms with Gasteiger partial charge in [-0.1, -0.05) is 12.1 Å². The maximum absolute atomic E-state index is 13.5. The molecule has 3 aromatic rings. The van der Waals surface area contributed by atoms with E-state index in [-0.39, 0.29) is 5.82 Å². The fourth-order valence-electron chi connectivity index (χ4n) is 3.42. The number of benzene rings is 2. The zero-order valence-corrected chi connectivity index (χ0v) is 13.7. The number of methoxy groups -OCH3 is 1. The number of fused-ring (bicyclic) bond motifs is 1. The minimum absolute atomic E-state index is 0.175. The molecule has 1 heterocycles. The van der Waals surface area contributed by atoms with E-state index in [4.69, 9.17) is 4.74 Å². The first-order valence-corrected chi connectivity index (χ1v) is 8.37. The Morgan fingerprint density at radius 3 is 3.04 bits per heavy atom. The fraction of sp³-hybridized carbons (Fsp3) is 0.300. The smallest absolute Gasteiger partial charge is 0.123 e. The lowest BCUT2D eigenvalue weighted by Gasteiger charge is -2.06. The van der Waals surface area contributed by atoms with Gasteiger partial charge in [-0.3, -0.25) is 0 Å². The van der Waals surface area contributed by atoms with E-state index in [2.05, 4.69) is 22.4 Å². The average Bonchev–Trinajstić information content (AvgIpc) is 3.24. The number of rotatable bonds is 6. The van der Waals surface area contributed by atoms with E-state index in [1.165, 1.54) is 17.2 Å². The van der Waals surface area contributed by atoms with Gasteiger partial charge in [-0.05, 0) is 60.8 Å². The first kappa shape index (κ1) is 15.2. The van der Waals surface area contributed by atoms with Gasteiger partial charge >= 0.3 is 0 Å². The SMILES string of the molecule is COc1cccc(CCN[C@@H]2C[C@H]2c2c[nH]c3ccc(F)cc23)c1. The summed E-state index contributed by atoms with van der Waals surface area (Å²) in [5, 5.41) is 4.62. The number of hydrogen-bond donors (Lipinski definition) is 2. The highest BCUT2D eigenvalue weighted by atomic mass is 19.1. The van der Waals surface area contributed by atoms with Crippen LogP contribution in [-0.4, -0.2) is 24.7 Å². The van der Waals surface area contributed by atoms with E-state index in [1.807, 2.05) is 24.4 Å². The molecule has 0 saturated heterocycles. The summed E-state index contributed by atoms with van der Waals surface area (Å²) in [6.07, 6.45) is 4.11. The molecule has 0 amide bonds. The zero-order valence-electron chi connectivity index (χ0n) is 13.7. The van der Waals surface area contributed by atoms with Crippen molar-refractivity contribution in [2.75, 3.05) is 13.7 Å². The van der Waals surface area contributed by atoms with Crippen molar-refractivity contribution in [1.29, 1.82) is 0 Å². The molecule has 3 nitrogen and oxygen atoms in total. The van der Waals surface area contributed by atoms with Gasteiger partial charge in [-0.15, -0.1) is 0 Å². The number of nitrogens with one attached hydrogen (secondary N) is 2. The minimum atomic E-state index is -0.175. The highest BCUT2D eigenvalue weighted by molar-refractivity contribution is 5.84. The third kappa shape index (κ3) is 3.02. The van der Waals surface area contributed by atoms with Crippen molar-refractivity contribution in [1.82, 2.24) is 10.3 Å². The van der Waals surface area contributed by atoms with Gasteiger partial charge in [0.05, 0.1) is 7.11 Å². The Hall–Kier alpha value is -2.33. The van der Waals surface area contributed by atoms with Gasteiger partial charge in [0, 0.05) is 29.1 Å². The van der Waals surface area contributed by atoms with E-state index in [9.17, 15) is 4.39 Å². The standard InChI is InChI=1S/C20H21FN2O/c1-24-15-4-2-3-13(9-15)7-8-22-20-11-17(20)18-12-23-19-6-5-14(21)10-16(18)19/h2-6,9-10,12,17,20,22-23H,7-8,11H2,1H3/t17-,20+/m0/s1. The number of ether oxygens (including phenoxy) is 1. The zero-order chi connectivity index (χ0) is 16.5. The summed E-state index contributed by atoms with van der Waals surface area (Å²) in [6, 6.07) is 13.6. The molecular formula is C20H21FN2O. The van der Waals surface area contributed by atoms with Gasteiger partial charge in [0.1, 0.15) is 11.6 Å². The lowest BCUT2D eigenvalue weighted by atomic mass is 10.1. The second-order valence-corrected chi connectivity index (χ2v) is 6.44. The number of aromatic amines is 1. The summed E-state index contributed by atoms with van der Waals surface area (Å²) < 4.78 is 18.7. The van der Waals surface area contributed by atoms with Gasteiger partial charge in [-0.2, -0.15) is 0 Å². The maximum atomic E-state index is 13.5. The monoisotopic (exact) mass is 324 g/mol. The molecule has 1 aliphatic carbocycles. The van der Waals surface area contributed by atoms with Gasteiger partial charge < -0.3 is 15.0 Å². The Labute approximate surface area is 140 Å². The third-order valence-corrected chi connectivity index (χ3v) is 4.82.